The van der Waals surface area contributed by atoms with Gasteiger partial charge < -0.3 is 15.1 Å². The van der Waals surface area contributed by atoms with E-state index in [1.54, 1.807) is 13.3 Å². The van der Waals surface area contributed by atoms with Crippen LogP contribution < -0.4 is 10.6 Å². The SMILES string of the molecule is CN=C(NCCc1ccccc1Cl)NCc1ccco1.I. The molecule has 1 aromatic heterocycles. The summed E-state index contributed by atoms with van der Waals surface area (Å²) in [4.78, 5) is 4.16. The lowest BCUT2D eigenvalue weighted by atomic mass is 10.1. The molecule has 0 aliphatic rings. The van der Waals surface area contributed by atoms with Crippen LogP contribution in [0.3, 0.4) is 0 Å². The summed E-state index contributed by atoms with van der Waals surface area (Å²) in [6, 6.07) is 11.6. The molecule has 0 aliphatic carbocycles. The van der Waals surface area contributed by atoms with E-state index in [4.69, 9.17) is 16.0 Å². The van der Waals surface area contributed by atoms with Crippen molar-refractivity contribution in [2.24, 2.45) is 4.99 Å². The van der Waals surface area contributed by atoms with Crippen molar-refractivity contribution >= 4 is 41.5 Å². The van der Waals surface area contributed by atoms with Gasteiger partial charge in [0.15, 0.2) is 5.96 Å². The van der Waals surface area contributed by atoms with Crippen LogP contribution in [0.1, 0.15) is 11.3 Å². The summed E-state index contributed by atoms with van der Waals surface area (Å²) in [5, 5.41) is 7.23. The second-order valence-corrected chi connectivity index (χ2v) is 4.68. The molecule has 2 N–H and O–H groups in total. The molecule has 0 atom stereocenters. The Bertz CT molecular complexity index is 558. The lowest BCUT2D eigenvalue weighted by Gasteiger charge is -2.11. The number of furan rings is 1. The first kappa shape index (κ1) is 17.8. The molecular formula is C15H19ClIN3O. The largest absolute Gasteiger partial charge is 0.467 e. The number of hydrogen-bond donors (Lipinski definition) is 2. The minimum atomic E-state index is 0. The van der Waals surface area contributed by atoms with Crippen LogP contribution in [-0.4, -0.2) is 19.6 Å². The van der Waals surface area contributed by atoms with Gasteiger partial charge in [-0.2, -0.15) is 0 Å². The Morgan fingerprint density at radius 1 is 1.19 bits per heavy atom. The van der Waals surface area contributed by atoms with E-state index < -0.39 is 0 Å². The molecule has 114 valence electrons. The highest BCUT2D eigenvalue weighted by atomic mass is 127. The first-order chi connectivity index (χ1) is 9.79. The van der Waals surface area contributed by atoms with Crippen molar-refractivity contribution in [2.45, 2.75) is 13.0 Å². The van der Waals surface area contributed by atoms with E-state index in [1.807, 2.05) is 36.4 Å². The minimum absolute atomic E-state index is 0. The van der Waals surface area contributed by atoms with Crippen LogP contribution >= 0.6 is 35.6 Å². The van der Waals surface area contributed by atoms with E-state index in [-0.39, 0.29) is 24.0 Å². The number of halogens is 2. The molecular weight excluding hydrogens is 401 g/mol. The van der Waals surface area contributed by atoms with Crippen molar-refractivity contribution in [1.29, 1.82) is 0 Å². The summed E-state index contributed by atoms with van der Waals surface area (Å²) >= 11 is 6.12. The van der Waals surface area contributed by atoms with Gasteiger partial charge in [-0.15, -0.1) is 24.0 Å². The van der Waals surface area contributed by atoms with Gasteiger partial charge in [0, 0.05) is 18.6 Å². The van der Waals surface area contributed by atoms with Gasteiger partial charge in [0.2, 0.25) is 0 Å². The molecule has 1 heterocycles. The molecule has 4 nitrogen and oxygen atoms in total. The first-order valence-corrected chi connectivity index (χ1v) is 6.87. The normalized spacial score (nSPS) is 10.9. The Labute approximate surface area is 147 Å². The highest BCUT2D eigenvalue weighted by Gasteiger charge is 2.01. The van der Waals surface area contributed by atoms with E-state index >= 15 is 0 Å². The van der Waals surface area contributed by atoms with E-state index in [2.05, 4.69) is 15.6 Å². The quantitative estimate of drug-likeness (QED) is 0.443. The van der Waals surface area contributed by atoms with Crippen LogP contribution in [0.5, 0.6) is 0 Å². The van der Waals surface area contributed by atoms with Crippen LogP contribution in [0.2, 0.25) is 5.02 Å². The van der Waals surface area contributed by atoms with Crippen molar-refractivity contribution in [3.8, 4) is 0 Å². The van der Waals surface area contributed by atoms with Gasteiger partial charge in [-0.25, -0.2) is 0 Å². The molecule has 1 aromatic carbocycles. The third-order valence-electron chi connectivity index (χ3n) is 2.88. The second kappa shape index (κ2) is 9.68. The summed E-state index contributed by atoms with van der Waals surface area (Å²) < 4.78 is 5.26. The average molecular weight is 420 g/mol. The van der Waals surface area contributed by atoms with Crippen molar-refractivity contribution in [3.05, 3.63) is 59.0 Å². The van der Waals surface area contributed by atoms with Crippen molar-refractivity contribution < 1.29 is 4.42 Å². The Kier molecular flexibility index (Phi) is 8.22. The number of aliphatic imine (C=N–C) groups is 1. The Balaban J connectivity index is 0.00000220. The number of nitrogens with one attached hydrogen (secondary N) is 2. The van der Waals surface area contributed by atoms with Crippen LogP contribution in [0.4, 0.5) is 0 Å². The molecule has 0 spiro atoms. The minimum Gasteiger partial charge on any atom is -0.467 e. The highest BCUT2D eigenvalue weighted by Crippen LogP contribution is 2.14. The zero-order chi connectivity index (χ0) is 14.2. The van der Waals surface area contributed by atoms with Gasteiger partial charge in [0.1, 0.15) is 5.76 Å². The molecule has 21 heavy (non-hydrogen) atoms. The first-order valence-electron chi connectivity index (χ1n) is 6.50. The van der Waals surface area contributed by atoms with E-state index in [9.17, 15) is 0 Å². The lowest BCUT2D eigenvalue weighted by molar-refractivity contribution is 0.501. The smallest absolute Gasteiger partial charge is 0.191 e. The van der Waals surface area contributed by atoms with Gasteiger partial charge in [0.05, 0.1) is 12.8 Å². The summed E-state index contributed by atoms with van der Waals surface area (Å²) in [5.74, 6) is 1.62. The van der Waals surface area contributed by atoms with Crippen LogP contribution in [0.25, 0.3) is 0 Å². The van der Waals surface area contributed by atoms with E-state index in [1.165, 1.54) is 0 Å². The predicted molar refractivity (Wildman–Crippen MR) is 97.5 cm³/mol. The number of rotatable bonds is 5. The number of nitrogens with zero attached hydrogens (tertiary/aromatic N) is 1. The van der Waals surface area contributed by atoms with Crippen LogP contribution in [-0.2, 0) is 13.0 Å². The van der Waals surface area contributed by atoms with Crippen molar-refractivity contribution in [1.82, 2.24) is 10.6 Å². The number of hydrogen-bond acceptors (Lipinski definition) is 2. The zero-order valence-corrected chi connectivity index (χ0v) is 14.9. The summed E-state index contributed by atoms with van der Waals surface area (Å²) in [6.07, 6.45) is 2.51. The molecule has 6 heteroatoms. The molecule has 2 rings (SSSR count). The van der Waals surface area contributed by atoms with E-state index in [0.29, 0.717) is 6.54 Å². The highest BCUT2D eigenvalue weighted by molar-refractivity contribution is 14.0. The average Bonchev–Trinajstić information content (AvgIpc) is 2.98. The topological polar surface area (TPSA) is 49.6 Å². The standard InChI is InChI=1S/C15H18ClN3O.HI/c1-17-15(19-11-13-6-4-10-20-13)18-9-8-12-5-2-3-7-14(12)16;/h2-7,10H,8-9,11H2,1H3,(H2,17,18,19);1H. The monoisotopic (exact) mass is 419 g/mol. The molecule has 0 radical (unpaired) electrons. The molecule has 0 aliphatic heterocycles. The fourth-order valence-corrected chi connectivity index (χ4v) is 2.05. The Morgan fingerprint density at radius 2 is 2.00 bits per heavy atom. The summed E-state index contributed by atoms with van der Waals surface area (Å²) in [7, 11) is 1.74. The van der Waals surface area contributed by atoms with E-state index in [0.717, 1.165) is 35.3 Å². The van der Waals surface area contributed by atoms with Crippen LogP contribution in [0, 0.1) is 0 Å². The molecule has 0 bridgehead atoms. The third kappa shape index (κ3) is 5.97. The second-order valence-electron chi connectivity index (χ2n) is 4.27. The van der Waals surface area contributed by atoms with Gasteiger partial charge in [0.25, 0.3) is 0 Å². The lowest BCUT2D eigenvalue weighted by Crippen LogP contribution is -2.37. The number of guanidine groups is 1. The molecule has 0 saturated carbocycles. The molecule has 0 amide bonds. The maximum absolute atomic E-state index is 6.12. The molecule has 0 fully saturated rings. The fourth-order valence-electron chi connectivity index (χ4n) is 1.82. The third-order valence-corrected chi connectivity index (χ3v) is 3.25. The maximum atomic E-state index is 6.12. The van der Waals surface area contributed by atoms with Gasteiger partial charge in [-0.3, -0.25) is 4.99 Å². The molecule has 0 unspecified atom stereocenters. The molecule has 0 saturated heterocycles. The molecule has 2 aromatic rings. The van der Waals surface area contributed by atoms with Crippen molar-refractivity contribution in [3.63, 3.8) is 0 Å². The van der Waals surface area contributed by atoms with Gasteiger partial charge in [-0.05, 0) is 30.2 Å². The van der Waals surface area contributed by atoms with Gasteiger partial charge >= 0.3 is 0 Å². The summed E-state index contributed by atoms with van der Waals surface area (Å²) in [5.41, 5.74) is 1.13. The Hall–Kier alpha value is -1.21. The van der Waals surface area contributed by atoms with Crippen LogP contribution in [0.15, 0.2) is 52.1 Å². The predicted octanol–water partition coefficient (Wildman–Crippen LogP) is 3.46. The number of benzene rings is 1. The maximum Gasteiger partial charge on any atom is 0.191 e. The summed E-state index contributed by atoms with van der Waals surface area (Å²) in [6.45, 7) is 1.38. The fraction of sp³-hybridized carbons (Fsp3) is 0.267. The zero-order valence-electron chi connectivity index (χ0n) is 11.8. The van der Waals surface area contributed by atoms with Gasteiger partial charge in [-0.1, -0.05) is 29.8 Å². The van der Waals surface area contributed by atoms with Crippen molar-refractivity contribution in [2.75, 3.05) is 13.6 Å². The Morgan fingerprint density at radius 3 is 2.67 bits per heavy atom.